The molecule has 0 saturated carbocycles. The molecule has 132 valence electrons. The van der Waals surface area contributed by atoms with E-state index in [1.54, 1.807) is 23.4 Å². The number of piperidine rings is 1. The second-order valence-corrected chi connectivity index (χ2v) is 8.48. The number of hydrogen-bond donors (Lipinski definition) is 0. The number of carbonyl (C=O) groups is 1. The van der Waals surface area contributed by atoms with E-state index in [0.29, 0.717) is 51.3 Å². The number of rotatable bonds is 3. The van der Waals surface area contributed by atoms with Crippen LogP contribution in [0.3, 0.4) is 0 Å². The SMILES string of the molecule is Cc1ccncc1C(=O)N1CCCC(S(=O)(=O)N2CCOCC2)C1. The largest absolute Gasteiger partial charge is 0.379 e. The van der Waals surface area contributed by atoms with Gasteiger partial charge in [0.05, 0.1) is 24.0 Å². The summed E-state index contributed by atoms with van der Waals surface area (Å²) < 4.78 is 32.4. The molecular formula is C16H23N3O4S. The fraction of sp³-hybridized carbons (Fsp3) is 0.625. The van der Waals surface area contributed by atoms with Crippen molar-refractivity contribution in [1.29, 1.82) is 0 Å². The summed E-state index contributed by atoms with van der Waals surface area (Å²) in [7, 11) is -3.40. The summed E-state index contributed by atoms with van der Waals surface area (Å²) >= 11 is 0. The van der Waals surface area contributed by atoms with Crippen LogP contribution in [0.5, 0.6) is 0 Å². The summed E-state index contributed by atoms with van der Waals surface area (Å²) in [5.74, 6) is -0.137. The summed E-state index contributed by atoms with van der Waals surface area (Å²) in [5.41, 5.74) is 1.40. The van der Waals surface area contributed by atoms with Crippen LogP contribution in [-0.2, 0) is 14.8 Å². The van der Waals surface area contributed by atoms with E-state index in [4.69, 9.17) is 4.74 Å². The number of hydrogen-bond acceptors (Lipinski definition) is 5. The number of sulfonamides is 1. The molecule has 0 N–H and O–H groups in total. The van der Waals surface area contributed by atoms with E-state index in [1.165, 1.54) is 4.31 Å². The van der Waals surface area contributed by atoms with Gasteiger partial charge in [-0.05, 0) is 31.4 Å². The lowest BCUT2D eigenvalue weighted by Crippen LogP contribution is -2.51. The van der Waals surface area contributed by atoms with Gasteiger partial charge in [-0.15, -0.1) is 0 Å². The van der Waals surface area contributed by atoms with Gasteiger partial charge in [0, 0.05) is 38.6 Å². The van der Waals surface area contributed by atoms with Crippen molar-refractivity contribution in [2.24, 2.45) is 0 Å². The number of nitrogens with zero attached hydrogens (tertiary/aromatic N) is 3. The van der Waals surface area contributed by atoms with Gasteiger partial charge in [0.15, 0.2) is 0 Å². The van der Waals surface area contributed by atoms with E-state index < -0.39 is 15.3 Å². The van der Waals surface area contributed by atoms with Crippen molar-refractivity contribution in [3.8, 4) is 0 Å². The molecule has 3 rings (SSSR count). The predicted molar refractivity (Wildman–Crippen MR) is 89.2 cm³/mol. The first-order valence-electron chi connectivity index (χ1n) is 8.27. The summed E-state index contributed by atoms with van der Waals surface area (Å²) in [6.45, 7) is 4.35. The van der Waals surface area contributed by atoms with Crippen molar-refractivity contribution in [3.63, 3.8) is 0 Å². The highest BCUT2D eigenvalue weighted by Gasteiger charge is 2.37. The first-order chi connectivity index (χ1) is 11.5. The minimum absolute atomic E-state index is 0.137. The van der Waals surface area contributed by atoms with Crippen molar-refractivity contribution >= 4 is 15.9 Å². The third-order valence-corrected chi connectivity index (χ3v) is 7.00. The van der Waals surface area contributed by atoms with Gasteiger partial charge in [0.25, 0.3) is 5.91 Å². The Morgan fingerprint density at radius 3 is 2.75 bits per heavy atom. The molecule has 1 amide bonds. The van der Waals surface area contributed by atoms with Gasteiger partial charge >= 0.3 is 0 Å². The highest BCUT2D eigenvalue weighted by molar-refractivity contribution is 7.89. The molecule has 1 aromatic rings. The molecule has 2 aliphatic rings. The van der Waals surface area contributed by atoms with E-state index >= 15 is 0 Å². The smallest absolute Gasteiger partial charge is 0.255 e. The number of aromatic nitrogens is 1. The highest BCUT2D eigenvalue weighted by atomic mass is 32.2. The first-order valence-corrected chi connectivity index (χ1v) is 9.77. The second kappa shape index (κ2) is 7.16. The third-order valence-electron chi connectivity index (χ3n) is 4.69. The highest BCUT2D eigenvalue weighted by Crippen LogP contribution is 2.23. The minimum Gasteiger partial charge on any atom is -0.379 e. The van der Waals surface area contributed by atoms with E-state index in [1.807, 2.05) is 6.92 Å². The lowest BCUT2D eigenvalue weighted by molar-refractivity contribution is 0.0685. The maximum absolute atomic E-state index is 12.8. The first kappa shape index (κ1) is 17.3. The van der Waals surface area contributed by atoms with E-state index in [-0.39, 0.29) is 12.5 Å². The topological polar surface area (TPSA) is 79.8 Å². The Morgan fingerprint density at radius 2 is 2.04 bits per heavy atom. The van der Waals surface area contributed by atoms with Crippen LogP contribution in [0.15, 0.2) is 18.5 Å². The van der Waals surface area contributed by atoms with E-state index in [9.17, 15) is 13.2 Å². The Hall–Kier alpha value is -1.51. The van der Waals surface area contributed by atoms with Gasteiger partial charge in [-0.1, -0.05) is 0 Å². The quantitative estimate of drug-likeness (QED) is 0.797. The van der Waals surface area contributed by atoms with Crippen molar-refractivity contribution in [2.75, 3.05) is 39.4 Å². The van der Waals surface area contributed by atoms with Crippen LogP contribution in [0.4, 0.5) is 0 Å². The molecule has 0 aliphatic carbocycles. The standard InChI is InChI=1S/C16H23N3O4S/c1-13-4-5-17-11-15(13)16(20)18-6-2-3-14(12-18)24(21,22)19-7-9-23-10-8-19/h4-5,11,14H,2-3,6-10,12H2,1H3. The fourth-order valence-electron chi connectivity index (χ4n) is 3.24. The third kappa shape index (κ3) is 3.45. The zero-order valence-corrected chi connectivity index (χ0v) is 14.7. The van der Waals surface area contributed by atoms with Gasteiger partial charge in [0.2, 0.25) is 10.0 Å². The maximum atomic E-state index is 12.8. The number of ether oxygens (including phenoxy) is 1. The van der Waals surface area contributed by atoms with Crippen LogP contribution in [0.25, 0.3) is 0 Å². The monoisotopic (exact) mass is 353 g/mol. The van der Waals surface area contributed by atoms with Crippen molar-refractivity contribution < 1.29 is 17.9 Å². The van der Waals surface area contributed by atoms with Gasteiger partial charge in [-0.25, -0.2) is 8.42 Å². The molecular weight excluding hydrogens is 330 g/mol. The molecule has 2 aliphatic heterocycles. The molecule has 8 heteroatoms. The molecule has 0 aromatic carbocycles. The molecule has 24 heavy (non-hydrogen) atoms. The van der Waals surface area contributed by atoms with Crippen LogP contribution in [0.1, 0.15) is 28.8 Å². The number of pyridine rings is 1. The number of aryl methyl sites for hydroxylation is 1. The lowest BCUT2D eigenvalue weighted by atomic mass is 10.1. The Labute approximate surface area is 142 Å². The summed E-state index contributed by atoms with van der Waals surface area (Å²) in [4.78, 5) is 18.4. The average Bonchev–Trinajstić information content (AvgIpc) is 2.62. The normalized spacial score (nSPS) is 23.2. The van der Waals surface area contributed by atoms with Gasteiger partial charge in [-0.3, -0.25) is 9.78 Å². The van der Waals surface area contributed by atoms with Crippen LogP contribution in [0, 0.1) is 6.92 Å². The Bertz CT molecular complexity index is 701. The Kier molecular flexibility index (Phi) is 5.17. The second-order valence-electron chi connectivity index (χ2n) is 6.26. The Morgan fingerprint density at radius 1 is 1.29 bits per heavy atom. The van der Waals surface area contributed by atoms with Crippen LogP contribution in [-0.4, -0.2) is 73.2 Å². The molecule has 0 bridgehead atoms. The lowest BCUT2D eigenvalue weighted by Gasteiger charge is -2.36. The summed E-state index contributed by atoms with van der Waals surface area (Å²) in [6.07, 6.45) is 4.49. The molecule has 7 nitrogen and oxygen atoms in total. The number of morpholine rings is 1. The number of amides is 1. The molecule has 2 fully saturated rings. The summed E-state index contributed by atoms with van der Waals surface area (Å²) in [6, 6.07) is 1.79. The zero-order chi connectivity index (χ0) is 17.2. The number of carbonyl (C=O) groups excluding carboxylic acids is 1. The molecule has 3 heterocycles. The van der Waals surface area contributed by atoms with Crippen molar-refractivity contribution in [2.45, 2.75) is 25.0 Å². The molecule has 1 aromatic heterocycles. The summed E-state index contributed by atoms with van der Waals surface area (Å²) in [5, 5.41) is -0.537. The minimum atomic E-state index is -3.40. The molecule has 1 atom stereocenters. The predicted octanol–water partition coefficient (Wildman–Crippen LogP) is 0.657. The van der Waals surface area contributed by atoms with Crippen LogP contribution in [0.2, 0.25) is 0 Å². The van der Waals surface area contributed by atoms with E-state index in [2.05, 4.69) is 4.98 Å². The van der Waals surface area contributed by atoms with Crippen LogP contribution < -0.4 is 0 Å². The zero-order valence-electron chi connectivity index (χ0n) is 13.8. The number of likely N-dealkylation sites (tertiary alicyclic amines) is 1. The van der Waals surface area contributed by atoms with Gasteiger partial charge in [0.1, 0.15) is 0 Å². The average molecular weight is 353 g/mol. The van der Waals surface area contributed by atoms with Gasteiger partial charge < -0.3 is 9.64 Å². The fourth-order valence-corrected chi connectivity index (χ4v) is 5.15. The van der Waals surface area contributed by atoms with Crippen molar-refractivity contribution in [3.05, 3.63) is 29.6 Å². The van der Waals surface area contributed by atoms with E-state index in [0.717, 1.165) is 5.56 Å². The molecule has 2 saturated heterocycles. The molecule has 0 radical (unpaired) electrons. The molecule has 0 spiro atoms. The van der Waals surface area contributed by atoms with Crippen molar-refractivity contribution in [1.82, 2.24) is 14.2 Å². The maximum Gasteiger partial charge on any atom is 0.255 e. The molecule has 1 unspecified atom stereocenters. The Balaban J connectivity index is 1.74. The van der Waals surface area contributed by atoms with Crippen LogP contribution >= 0.6 is 0 Å². The van der Waals surface area contributed by atoms with Gasteiger partial charge in [-0.2, -0.15) is 4.31 Å².